The molecule has 156 valence electrons. The summed E-state index contributed by atoms with van der Waals surface area (Å²) in [5, 5.41) is 2.44. The second-order valence-electron chi connectivity index (χ2n) is 9.21. The average molecular weight is 430 g/mol. The fourth-order valence-corrected chi connectivity index (χ4v) is 6.64. The van der Waals surface area contributed by atoms with Gasteiger partial charge in [-0.05, 0) is 61.8 Å². The Morgan fingerprint density at radius 2 is 1.15 bits per heavy atom. The number of allylic oxidation sites excluding steroid dienone is 2. The van der Waals surface area contributed by atoms with E-state index in [9.17, 15) is 0 Å². The van der Waals surface area contributed by atoms with Crippen molar-refractivity contribution in [3.05, 3.63) is 137 Å². The lowest BCUT2D eigenvalue weighted by Gasteiger charge is -2.31. The van der Waals surface area contributed by atoms with E-state index in [4.69, 9.17) is 4.99 Å². The van der Waals surface area contributed by atoms with Gasteiger partial charge in [-0.2, -0.15) is 0 Å². The van der Waals surface area contributed by atoms with Crippen molar-refractivity contribution in [2.24, 2.45) is 4.99 Å². The fraction of sp³-hybridized carbons (Fsp3) is 0.0303. The Hall–Kier alpha value is -4.45. The van der Waals surface area contributed by atoms with E-state index in [0.717, 1.165) is 5.69 Å². The predicted octanol–water partition coefficient (Wildman–Crippen LogP) is 8.07. The molecule has 0 amide bonds. The van der Waals surface area contributed by atoms with Gasteiger partial charge in [-0.1, -0.05) is 109 Å². The van der Waals surface area contributed by atoms with Gasteiger partial charge in [0.15, 0.2) is 0 Å². The zero-order valence-electron chi connectivity index (χ0n) is 18.4. The second-order valence-corrected chi connectivity index (χ2v) is 9.21. The highest BCUT2D eigenvalue weighted by atomic mass is 14.7. The van der Waals surface area contributed by atoms with Gasteiger partial charge in [0.05, 0.1) is 11.1 Å². The molecule has 0 radical (unpaired) electrons. The minimum atomic E-state index is -0.356. The molecule has 0 saturated heterocycles. The van der Waals surface area contributed by atoms with E-state index in [1.807, 2.05) is 6.08 Å². The van der Waals surface area contributed by atoms with Gasteiger partial charge in [-0.25, -0.2) is 4.99 Å². The van der Waals surface area contributed by atoms with Crippen LogP contribution in [-0.2, 0) is 5.41 Å². The SMILES string of the molecule is C1=CC=Cc2c3c(c4ccccc4c2N=1)C1(c2ccccc2-c2ccccc21)c1ccccc1-3. The Bertz CT molecular complexity index is 1750. The van der Waals surface area contributed by atoms with Crippen LogP contribution in [0.25, 0.3) is 39.1 Å². The van der Waals surface area contributed by atoms with Crippen molar-refractivity contribution < 1.29 is 0 Å². The highest BCUT2D eigenvalue weighted by Crippen LogP contribution is 2.65. The first-order chi connectivity index (χ1) is 16.9. The Kier molecular flexibility index (Phi) is 3.35. The van der Waals surface area contributed by atoms with E-state index in [-0.39, 0.29) is 5.41 Å². The standard InChI is InChI=1S/C33H19N/c1-2-14-24-23(13-1)31-30(26-16-9-10-20-34-32(24)26)25-15-5-8-19-29(25)33(31)27-17-6-3-11-21(27)22-12-4-7-18-28(22)33/h1-19H. The number of nitrogens with zero attached hydrogens (tertiary/aromatic N) is 1. The van der Waals surface area contributed by atoms with E-state index in [2.05, 4.69) is 115 Å². The summed E-state index contributed by atoms with van der Waals surface area (Å²) in [6, 6.07) is 35.7. The van der Waals surface area contributed by atoms with Gasteiger partial charge in [-0.15, -0.1) is 0 Å². The van der Waals surface area contributed by atoms with Crippen LogP contribution in [0.15, 0.2) is 114 Å². The summed E-state index contributed by atoms with van der Waals surface area (Å²) < 4.78 is 0. The zero-order chi connectivity index (χ0) is 22.3. The van der Waals surface area contributed by atoms with Crippen molar-refractivity contribution in [2.45, 2.75) is 5.41 Å². The second kappa shape index (κ2) is 6.32. The summed E-state index contributed by atoms with van der Waals surface area (Å²) in [5.74, 6) is 3.12. The van der Waals surface area contributed by atoms with E-state index in [1.165, 1.54) is 60.8 Å². The molecule has 0 aromatic heterocycles. The molecule has 1 aliphatic heterocycles. The summed E-state index contributed by atoms with van der Waals surface area (Å²) in [6.45, 7) is 0. The summed E-state index contributed by atoms with van der Waals surface area (Å²) in [4.78, 5) is 4.80. The van der Waals surface area contributed by atoms with E-state index in [0.29, 0.717) is 0 Å². The van der Waals surface area contributed by atoms with Crippen molar-refractivity contribution in [3.8, 4) is 22.3 Å². The monoisotopic (exact) mass is 429 g/mol. The van der Waals surface area contributed by atoms with Crippen molar-refractivity contribution in [1.82, 2.24) is 0 Å². The van der Waals surface area contributed by atoms with Crippen LogP contribution in [-0.4, -0.2) is 5.87 Å². The van der Waals surface area contributed by atoms with Crippen molar-refractivity contribution in [3.63, 3.8) is 0 Å². The molecule has 34 heavy (non-hydrogen) atoms. The zero-order valence-corrected chi connectivity index (χ0v) is 18.4. The maximum Gasteiger partial charge on any atom is 0.0886 e. The van der Waals surface area contributed by atoms with Crippen molar-refractivity contribution >= 4 is 28.4 Å². The van der Waals surface area contributed by atoms with Crippen LogP contribution in [0.2, 0.25) is 0 Å². The smallest absolute Gasteiger partial charge is 0.0886 e. The molecule has 0 fully saturated rings. The van der Waals surface area contributed by atoms with Crippen molar-refractivity contribution in [2.75, 3.05) is 0 Å². The lowest BCUT2D eigenvalue weighted by atomic mass is 9.69. The van der Waals surface area contributed by atoms with Gasteiger partial charge in [0, 0.05) is 10.9 Å². The van der Waals surface area contributed by atoms with E-state index < -0.39 is 0 Å². The number of aliphatic imine (C=N–C) groups is 1. The first-order valence-electron chi connectivity index (χ1n) is 11.8. The van der Waals surface area contributed by atoms with Gasteiger partial charge in [0.2, 0.25) is 0 Å². The third kappa shape index (κ3) is 1.96. The van der Waals surface area contributed by atoms with Gasteiger partial charge < -0.3 is 0 Å². The Morgan fingerprint density at radius 1 is 0.588 bits per heavy atom. The van der Waals surface area contributed by atoms with Crippen LogP contribution >= 0.6 is 0 Å². The first kappa shape index (κ1) is 18.0. The Labute approximate surface area is 198 Å². The topological polar surface area (TPSA) is 12.4 Å². The van der Waals surface area contributed by atoms with Crippen LogP contribution < -0.4 is 0 Å². The number of rotatable bonds is 0. The summed E-state index contributed by atoms with van der Waals surface area (Å²) in [7, 11) is 0. The fourth-order valence-electron chi connectivity index (χ4n) is 6.64. The normalized spacial score (nSPS) is 15.1. The molecular formula is C33H19N. The number of hydrogen-bond acceptors (Lipinski definition) is 1. The van der Waals surface area contributed by atoms with Gasteiger partial charge in [-0.3, -0.25) is 0 Å². The lowest BCUT2D eigenvalue weighted by molar-refractivity contribution is 0.801. The van der Waals surface area contributed by atoms with E-state index >= 15 is 0 Å². The summed E-state index contributed by atoms with van der Waals surface area (Å²) in [5.41, 5.74) is 12.6. The average Bonchev–Trinajstić information content (AvgIpc) is 3.23. The molecule has 0 bridgehead atoms. The molecule has 0 unspecified atom stereocenters. The third-order valence-electron chi connectivity index (χ3n) is 7.76. The van der Waals surface area contributed by atoms with Crippen LogP contribution in [0.3, 0.4) is 0 Å². The van der Waals surface area contributed by atoms with Gasteiger partial charge >= 0.3 is 0 Å². The maximum atomic E-state index is 4.80. The molecule has 5 aromatic carbocycles. The first-order valence-corrected chi connectivity index (χ1v) is 11.8. The molecule has 0 N–H and O–H groups in total. The molecule has 5 aromatic rings. The molecule has 0 atom stereocenters. The highest BCUT2D eigenvalue weighted by Gasteiger charge is 2.53. The molecule has 3 aliphatic rings. The molecule has 8 rings (SSSR count). The molecule has 1 heteroatoms. The molecule has 0 saturated carbocycles. The summed E-state index contributed by atoms with van der Waals surface area (Å²) in [6.07, 6.45) is 6.18. The molecule has 1 heterocycles. The number of hydrogen-bond donors (Lipinski definition) is 0. The lowest BCUT2D eigenvalue weighted by Crippen LogP contribution is -2.26. The van der Waals surface area contributed by atoms with Crippen LogP contribution in [0, 0.1) is 0 Å². The Morgan fingerprint density at radius 3 is 1.85 bits per heavy atom. The number of benzene rings is 5. The predicted molar refractivity (Wildman–Crippen MR) is 141 cm³/mol. The molecule has 2 aliphatic carbocycles. The van der Waals surface area contributed by atoms with Crippen molar-refractivity contribution in [1.29, 1.82) is 0 Å². The Balaban J connectivity index is 1.69. The molecule has 1 spiro atoms. The minimum Gasteiger partial charge on any atom is -0.205 e. The minimum absolute atomic E-state index is 0.356. The quantitative estimate of drug-likeness (QED) is 0.231. The third-order valence-corrected chi connectivity index (χ3v) is 7.76. The van der Waals surface area contributed by atoms with E-state index in [1.54, 1.807) is 0 Å². The van der Waals surface area contributed by atoms with Crippen LogP contribution in [0.4, 0.5) is 5.69 Å². The van der Waals surface area contributed by atoms with Crippen LogP contribution in [0.1, 0.15) is 27.8 Å². The highest BCUT2D eigenvalue weighted by molar-refractivity contribution is 6.12. The largest absolute Gasteiger partial charge is 0.205 e. The van der Waals surface area contributed by atoms with Crippen LogP contribution in [0.5, 0.6) is 0 Å². The molecule has 1 nitrogen and oxygen atoms in total. The van der Waals surface area contributed by atoms with Gasteiger partial charge in [0.25, 0.3) is 0 Å². The molecular weight excluding hydrogens is 410 g/mol. The maximum absolute atomic E-state index is 4.80. The van der Waals surface area contributed by atoms with Gasteiger partial charge in [0.1, 0.15) is 0 Å². The number of fused-ring (bicyclic) bond motifs is 15. The summed E-state index contributed by atoms with van der Waals surface area (Å²) >= 11 is 0.